The van der Waals surface area contributed by atoms with Gasteiger partial charge in [-0.3, -0.25) is 0 Å². The van der Waals surface area contributed by atoms with Crippen LogP contribution in [0.3, 0.4) is 0 Å². The van der Waals surface area contributed by atoms with Gasteiger partial charge < -0.3 is 10.0 Å². The van der Waals surface area contributed by atoms with Crippen LogP contribution in [0.4, 0.5) is 17.1 Å². The lowest BCUT2D eigenvalue weighted by atomic mass is 10.1. The van der Waals surface area contributed by atoms with E-state index < -0.39 is 5.97 Å². The average molecular weight is 340 g/mol. The zero-order valence-electron chi connectivity index (χ0n) is 13.9. The van der Waals surface area contributed by atoms with Gasteiger partial charge in [0.1, 0.15) is 11.6 Å². The number of nitrogens with zero attached hydrogens (tertiary/aromatic N) is 2. The van der Waals surface area contributed by atoms with Gasteiger partial charge in [0.05, 0.1) is 0 Å². The number of benzene rings is 3. The van der Waals surface area contributed by atoms with Crippen molar-refractivity contribution in [2.24, 2.45) is 0 Å². The molecule has 0 aromatic heterocycles. The first-order valence-electron chi connectivity index (χ1n) is 8.04. The van der Waals surface area contributed by atoms with Gasteiger partial charge in [-0.1, -0.05) is 48.5 Å². The van der Waals surface area contributed by atoms with Crippen LogP contribution in [0.2, 0.25) is 0 Å². The number of rotatable bonds is 5. The van der Waals surface area contributed by atoms with E-state index in [0.29, 0.717) is 5.56 Å². The van der Waals surface area contributed by atoms with Gasteiger partial charge in [0.2, 0.25) is 0 Å². The maximum absolute atomic E-state index is 11.0. The number of hydrogen-bond donors (Lipinski definition) is 1. The third kappa shape index (κ3) is 3.80. The Kier molecular flexibility index (Phi) is 5.11. The smallest absolute Gasteiger partial charge is 0.346 e. The average Bonchev–Trinajstić information content (AvgIpc) is 2.69. The van der Waals surface area contributed by atoms with Crippen LogP contribution in [0.1, 0.15) is 5.56 Å². The van der Waals surface area contributed by atoms with Crippen LogP contribution in [0, 0.1) is 11.3 Å². The van der Waals surface area contributed by atoms with Crippen LogP contribution < -0.4 is 4.90 Å². The van der Waals surface area contributed by atoms with Crippen molar-refractivity contribution in [3.63, 3.8) is 0 Å². The molecular formula is C22H16N2O2. The van der Waals surface area contributed by atoms with Crippen LogP contribution >= 0.6 is 0 Å². The minimum atomic E-state index is -1.23. The van der Waals surface area contributed by atoms with Gasteiger partial charge in [-0.25, -0.2) is 4.79 Å². The van der Waals surface area contributed by atoms with Gasteiger partial charge in [0.25, 0.3) is 0 Å². The molecule has 126 valence electrons. The summed E-state index contributed by atoms with van der Waals surface area (Å²) in [5, 5.41) is 17.9. The number of carboxylic acid groups (broad SMARTS) is 1. The monoisotopic (exact) mass is 340 g/mol. The number of nitriles is 1. The minimum absolute atomic E-state index is 0.291. The molecule has 3 aromatic carbocycles. The van der Waals surface area contributed by atoms with E-state index in [0.717, 1.165) is 17.1 Å². The molecule has 0 unspecified atom stereocenters. The lowest BCUT2D eigenvalue weighted by Crippen LogP contribution is -2.09. The standard InChI is InChI=1S/C22H16N2O2/c23-16-18(22(25)26)15-17-11-13-21(14-12-17)24(19-7-3-1-4-8-19)20-9-5-2-6-10-20/h1-15H,(H,25,26). The summed E-state index contributed by atoms with van der Waals surface area (Å²) in [5.41, 5.74) is 3.35. The fourth-order valence-electron chi connectivity index (χ4n) is 2.63. The third-order valence-corrected chi connectivity index (χ3v) is 3.84. The summed E-state index contributed by atoms with van der Waals surface area (Å²) in [4.78, 5) is 13.1. The molecule has 3 rings (SSSR count). The molecule has 0 aliphatic carbocycles. The summed E-state index contributed by atoms with van der Waals surface area (Å²) in [5.74, 6) is -1.23. The fraction of sp³-hybridized carbons (Fsp3) is 0. The molecule has 26 heavy (non-hydrogen) atoms. The number of carbonyl (C=O) groups is 1. The molecule has 0 radical (unpaired) electrons. The highest BCUT2D eigenvalue weighted by Crippen LogP contribution is 2.34. The molecule has 0 saturated heterocycles. The number of aliphatic carboxylic acids is 1. The molecule has 0 aliphatic rings. The second kappa shape index (κ2) is 7.82. The highest BCUT2D eigenvalue weighted by atomic mass is 16.4. The molecule has 1 N–H and O–H groups in total. The molecule has 3 aromatic rings. The third-order valence-electron chi connectivity index (χ3n) is 3.84. The van der Waals surface area contributed by atoms with Crippen LogP contribution in [-0.4, -0.2) is 11.1 Å². The van der Waals surface area contributed by atoms with E-state index in [2.05, 4.69) is 4.90 Å². The summed E-state index contributed by atoms with van der Waals surface area (Å²) < 4.78 is 0. The first-order chi connectivity index (χ1) is 12.7. The van der Waals surface area contributed by atoms with E-state index in [1.807, 2.05) is 72.8 Å². The van der Waals surface area contributed by atoms with Crippen molar-refractivity contribution in [3.8, 4) is 6.07 Å². The van der Waals surface area contributed by atoms with Gasteiger partial charge in [-0.2, -0.15) is 5.26 Å². The number of hydrogen-bond acceptors (Lipinski definition) is 3. The van der Waals surface area contributed by atoms with Gasteiger partial charge >= 0.3 is 5.97 Å². The van der Waals surface area contributed by atoms with E-state index in [4.69, 9.17) is 10.4 Å². The predicted octanol–water partition coefficient (Wildman–Crippen LogP) is 5.15. The van der Waals surface area contributed by atoms with Gasteiger partial charge in [0, 0.05) is 17.1 Å². The first-order valence-corrected chi connectivity index (χ1v) is 8.04. The Balaban J connectivity index is 2.01. The molecular weight excluding hydrogens is 324 g/mol. The Bertz CT molecular complexity index is 917. The van der Waals surface area contributed by atoms with E-state index >= 15 is 0 Å². The van der Waals surface area contributed by atoms with Crippen molar-refractivity contribution in [2.45, 2.75) is 0 Å². The molecule has 0 amide bonds. The van der Waals surface area contributed by atoms with Crippen LogP contribution in [0.15, 0.2) is 90.5 Å². The second-order valence-corrected chi connectivity index (χ2v) is 5.57. The van der Waals surface area contributed by atoms with Gasteiger partial charge in [-0.15, -0.1) is 0 Å². The van der Waals surface area contributed by atoms with E-state index in [9.17, 15) is 4.79 Å². The Hall–Kier alpha value is -3.84. The molecule has 0 atom stereocenters. The highest BCUT2D eigenvalue weighted by molar-refractivity contribution is 5.96. The highest BCUT2D eigenvalue weighted by Gasteiger charge is 2.12. The van der Waals surface area contributed by atoms with Crippen molar-refractivity contribution in [3.05, 3.63) is 96.1 Å². The van der Waals surface area contributed by atoms with Crippen molar-refractivity contribution in [1.29, 1.82) is 5.26 Å². The quantitative estimate of drug-likeness (QED) is 0.515. The Morgan fingerprint density at radius 3 is 1.69 bits per heavy atom. The van der Waals surface area contributed by atoms with Crippen molar-refractivity contribution in [1.82, 2.24) is 0 Å². The van der Waals surface area contributed by atoms with E-state index in [1.165, 1.54) is 6.08 Å². The summed E-state index contributed by atoms with van der Waals surface area (Å²) in [7, 11) is 0. The molecule has 0 saturated carbocycles. The summed E-state index contributed by atoms with van der Waals surface area (Å²) in [6.07, 6.45) is 1.36. The normalized spacial score (nSPS) is 10.8. The van der Waals surface area contributed by atoms with Crippen LogP contribution in [0.5, 0.6) is 0 Å². The summed E-state index contributed by atoms with van der Waals surface area (Å²) >= 11 is 0. The number of carboxylic acids is 1. The molecule has 0 spiro atoms. The van der Waals surface area contributed by atoms with Gasteiger partial charge in [-0.05, 0) is 48.0 Å². The largest absolute Gasteiger partial charge is 0.477 e. The zero-order chi connectivity index (χ0) is 18.4. The SMILES string of the molecule is N#CC(=Cc1ccc(N(c2ccccc2)c2ccccc2)cc1)C(=O)O. The lowest BCUT2D eigenvalue weighted by molar-refractivity contribution is -0.132. The van der Waals surface area contributed by atoms with Crippen LogP contribution in [0.25, 0.3) is 6.08 Å². The predicted molar refractivity (Wildman–Crippen MR) is 102 cm³/mol. The Labute approximate surface area is 151 Å². The van der Waals surface area contributed by atoms with Crippen molar-refractivity contribution < 1.29 is 9.90 Å². The number of para-hydroxylation sites is 2. The number of anilines is 3. The van der Waals surface area contributed by atoms with E-state index in [1.54, 1.807) is 18.2 Å². The fourth-order valence-corrected chi connectivity index (χ4v) is 2.63. The first kappa shape index (κ1) is 17.0. The molecule has 0 fully saturated rings. The molecule has 4 heteroatoms. The summed E-state index contributed by atoms with van der Waals surface area (Å²) in [6.45, 7) is 0. The van der Waals surface area contributed by atoms with Crippen molar-refractivity contribution in [2.75, 3.05) is 4.90 Å². The van der Waals surface area contributed by atoms with Crippen molar-refractivity contribution >= 4 is 29.1 Å². The Morgan fingerprint density at radius 1 is 0.808 bits per heavy atom. The van der Waals surface area contributed by atoms with E-state index in [-0.39, 0.29) is 5.57 Å². The zero-order valence-corrected chi connectivity index (χ0v) is 13.9. The molecule has 0 heterocycles. The topological polar surface area (TPSA) is 64.3 Å². The lowest BCUT2D eigenvalue weighted by Gasteiger charge is -2.25. The maximum atomic E-state index is 11.0. The molecule has 4 nitrogen and oxygen atoms in total. The molecule has 0 aliphatic heterocycles. The summed E-state index contributed by atoms with van der Waals surface area (Å²) in [6, 6.07) is 29.1. The second-order valence-electron chi connectivity index (χ2n) is 5.57. The minimum Gasteiger partial charge on any atom is -0.477 e. The molecule has 0 bridgehead atoms. The van der Waals surface area contributed by atoms with Crippen LogP contribution in [-0.2, 0) is 4.79 Å². The maximum Gasteiger partial charge on any atom is 0.346 e. The van der Waals surface area contributed by atoms with Gasteiger partial charge in [0.15, 0.2) is 0 Å². The Morgan fingerprint density at radius 2 is 1.27 bits per heavy atom.